The number of nitrogens with one attached hydrogen (secondary N) is 2. The quantitative estimate of drug-likeness (QED) is 0.780. The number of amides is 1. The van der Waals surface area contributed by atoms with Gasteiger partial charge in [0.05, 0.1) is 0 Å². The van der Waals surface area contributed by atoms with Gasteiger partial charge in [0, 0.05) is 18.8 Å². The molecule has 0 aliphatic rings. The molecule has 0 spiro atoms. The van der Waals surface area contributed by atoms with E-state index >= 15 is 0 Å². The molecule has 1 heterocycles. The minimum absolute atomic E-state index is 0.149. The topological polar surface area (TPSA) is 65.2 Å². The lowest BCUT2D eigenvalue weighted by atomic mass is 10.0. The molecule has 128 valence electrons. The SMILES string of the molecule is CCN(CC)[C@H](CNC(=O)c1ccc[nH]c1=O)Cc1ccccc1. The molecule has 0 fully saturated rings. The first-order valence-electron chi connectivity index (χ1n) is 8.39. The molecule has 0 aliphatic carbocycles. The number of aromatic nitrogens is 1. The van der Waals surface area contributed by atoms with Crippen LogP contribution in [0.4, 0.5) is 0 Å². The maximum absolute atomic E-state index is 12.3. The number of nitrogens with zero attached hydrogens (tertiary/aromatic N) is 1. The van der Waals surface area contributed by atoms with Gasteiger partial charge in [-0.15, -0.1) is 0 Å². The van der Waals surface area contributed by atoms with E-state index in [1.165, 1.54) is 17.8 Å². The van der Waals surface area contributed by atoms with Crippen molar-refractivity contribution in [2.24, 2.45) is 0 Å². The predicted molar refractivity (Wildman–Crippen MR) is 96.3 cm³/mol. The fourth-order valence-electron chi connectivity index (χ4n) is 2.86. The summed E-state index contributed by atoms with van der Waals surface area (Å²) in [7, 11) is 0. The van der Waals surface area contributed by atoms with E-state index in [4.69, 9.17) is 0 Å². The fourth-order valence-corrected chi connectivity index (χ4v) is 2.86. The van der Waals surface area contributed by atoms with Crippen LogP contribution in [0.3, 0.4) is 0 Å². The highest BCUT2D eigenvalue weighted by Crippen LogP contribution is 2.09. The van der Waals surface area contributed by atoms with Gasteiger partial charge in [-0.1, -0.05) is 44.2 Å². The molecule has 0 saturated heterocycles. The Bertz CT molecular complexity index is 693. The number of pyridine rings is 1. The van der Waals surface area contributed by atoms with Crippen LogP contribution < -0.4 is 10.9 Å². The number of hydrogen-bond acceptors (Lipinski definition) is 3. The van der Waals surface area contributed by atoms with Crippen LogP contribution in [-0.4, -0.2) is 41.5 Å². The van der Waals surface area contributed by atoms with E-state index in [-0.39, 0.29) is 23.1 Å². The molecule has 5 nitrogen and oxygen atoms in total. The first-order valence-corrected chi connectivity index (χ1v) is 8.39. The van der Waals surface area contributed by atoms with E-state index in [1.54, 1.807) is 6.07 Å². The second-order valence-corrected chi connectivity index (χ2v) is 5.69. The number of carbonyl (C=O) groups excluding carboxylic acids is 1. The highest BCUT2D eigenvalue weighted by Gasteiger charge is 2.18. The van der Waals surface area contributed by atoms with Gasteiger partial charge in [0.2, 0.25) is 0 Å². The van der Waals surface area contributed by atoms with Crippen LogP contribution in [0.25, 0.3) is 0 Å². The van der Waals surface area contributed by atoms with Gasteiger partial charge >= 0.3 is 0 Å². The van der Waals surface area contributed by atoms with Gasteiger partial charge in [0.15, 0.2) is 0 Å². The van der Waals surface area contributed by atoms with Gasteiger partial charge in [-0.05, 0) is 37.2 Å². The van der Waals surface area contributed by atoms with Crippen molar-refractivity contribution in [3.8, 4) is 0 Å². The molecule has 0 bridgehead atoms. The first kappa shape index (κ1) is 17.9. The predicted octanol–water partition coefficient (Wildman–Crippen LogP) is 2.06. The molecule has 1 aromatic heterocycles. The number of hydrogen-bond donors (Lipinski definition) is 2. The van der Waals surface area contributed by atoms with Crippen LogP contribution in [0.1, 0.15) is 29.8 Å². The Morgan fingerprint density at radius 3 is 2.46 bits per heavy atom. The zero-order valence-electron chi connectivity index (χ0n) is 14.3. The zero-order chi connectivity index (χ0) is 17.4. The monoisotopic (exact) mass is 327 g/mol. The highest BCUT2D eigenvalue weighted by molar-refractivity contribution is 5.93. The smallest absolute Gasteiger partial charge is 0.260 e. The molecule has 1 atom stereocenters. The molecule has 2 rings (SSSR count). The zero-order valence-corrected chi connectivity index (χ0v) is 14.3. The van der Waals surface area contributed by atoms with Crippen molar-refractivity contribution in [1.82, 2.24) is 15.2 Å². The van der Waals surface area contributed by atoms with Crippen LogP contribution in [0.2, 0.25) is 0 Å². The average molecular weight is 327 g/mol. The Kier molecular flexibility index (Phi) is 6.75. The standard InChI is InChI=1S/C19H25N3O2/c1-3-22(4-2)16(13-15-9-6-5-7-10-15)14-21-19(24)17-11-8-12-20-18(17)23/h5-12,16H,3-4,13-14H2,1-2H3,(H,20,23)(H,21,24)/t16-/m0/s1. The van der Waals surface area contributed by atoms with E-state index in [1.807, 2.05) is 18.2 Å². The third kappa shape index (κ3) is 4.80. The minimum Gasteiger partial charge on any atom is -0.350 e. The van der Waals surface area contributed by atoms with Crippen LogP contribution in [0, 0.1) is 0 Å². The summed E-state index contributed by atoms with van der Waals surface area (Å²) in [5.74, 6) is -0.331. The second kappa shape index (κ2) is 9.03. The summed E-state index contributed by atoms with van der Waals surface area (Å²) in [5.41, 5.74) is 1.02. The second-order valence-electron chi connectivity index (χ2n) is 5.69. The molecule has 0 radical (unpaired) electrons. The molecular weight excluding hydrogens is 302 g/mol. The Balaban J connectivity index is 2.06. The van der Waals surface area contributed by atoms with Crippen molar-refractivity contribution < 1.29 is 4.79 Å². The summed E-state index contributed by atoms with van der Waals surface area (Å²) in [6, 6.07) is 13.6. The number of rotatable bonds is 8. The fraction of sp³-hybridized carbons (Fsp3) is 0.368. The van der Waals surface area contributed by atoms with Crippen molar-refractivity contribution in [3.05, 3.63) is 70.1 Å². The van der Waals surface area contributed by atoms with Gasteiger partial charge < -0.3 is 10.3 Å². The largest absolute Gasteiger partial charge is 0.350 e. The lowest BCUT2D eigenvalue weighted by molar-refractivity contribution is 0.0933. The van der Waals surface area contributed by atoms with E-state index in [2.05, 4.69) is 41.2 Å². The molecule has 0 aliphatic heterocycles. The molecule has 24 heavy (non-hydrogen) atoms. The Morgan fingerprint density at radius 2 is 1.83 bits per heavy atom. The summed E-state index contributed by atoms with van der Waals surface area (Å²) in [6.07, 6.45) is 2.38. The van der Waals surface area contributed by atoms with Crippen molar-refractivity contribution in [3.63, 3.8) is 0 Å². The molecule has 0 saturated carbocycles. The van der Waals surface area contributed by atoms with Gasteiger partial charge in [0.25, 0.3) is 11.5 Å². The van der Waals surface area contributed by atoms with Gasteiger partial charge in [-0.25, -0.2) is 0 Å². The summed E-state index contributed by atoms with van der Waals surface area (Å²) >= 11 is 0. The van der Waals surface area contributed by atoms with E-state index in [0.29, 0.717) is 6.54 Å². The van der Waals surface area contributed by atoms with Crippen molar-refractivity contribution >= 4 is 5.91 Å². The van der Waals surface area contributed by atoms with Crippen molar-refractivity contribution in [2.75, 3.05) is 19.6 Å². The molecule has 5 heteroatoms. The van der Waals surface area contributed by atoms with Gasteiger partial charge in [-0.2, -0.15) is 0 Å². The van der Waals surface area contributed by atoms with E-state index in [0.717, 1.165) is 19.5 Å². The first-order chi connectivity index (χ1) is 11.7. The van der Waals surface area contributed by atoms with Crippen LogP contribution >= 0.6 is 0 Å². The molecule has 1 amide bonds. The number of aromatic amines is 1. The van der Waals surface area contributed by atoms with Gasteiger partial charge in [-0.3, -0.25) is 14.5 Å². The number of likely N-dealkylation sites (N-methyl/N-ethyl adjacent to an activating group) is 1. The molecule has 2 N–H and O–H groups in total. The highest BCUT2D eigenvalue weighted by atomic mass is 16.2. The summed E-state index contributed by atoms with van der Waals surface area (Å²) in [5, 5.41) is 2.91. The maximum Gasteiger partial charge on any atom is 0.260 e. The number of carbonyl (C=O) groups is 1. The third-order valence-corrected chi connectivity index (χ3v) is 4.20. The summed E-state index contributed by atoms with van der Waals surface area (Å²) in [6.45, 7) is 6.56. The Labute approximate surface area is 142 Å². The van der Waals surface area contributed by atoms with E-state index < -0.39 is 0 Å². The van der Waals surface area contributed by atoms with Crippen LogP contribution in [0.5, 0.6) is 0 Å². The normalized spacial score (nSPS) is 12.1. The summed E-state index contributed by atoms with van der Waals surface area (Å²) in [4.78, 5) is 28.8. The summed E-state index contributed by atoms with van der Waals surface area (Å²) < 4.78 is 0. The van der Waals surface area contributed by atoms with Crippen LogP contribution in [-0.2, 0) is 6.42 Å². The van der Waals surface area contributed by atoms with Crippen LogP contribution in [0.15, 0.2) is 53.5 Å². The Hall–Kier alpha value is -2.40. The maximum atomic E-state index is 12.3. The van der Waals surface area contributed by atoms with Crippen molar-refractivity contribution in [1.29, 1.82) is 0 Å². The molecule has 0 unspecified atom stereocenters. The van der Waals surface area contributed by atoms with Gasteiger partial charge in [0.1, 0.15) is 5.56 Å². The molecule has 1 aromatic carbocycles. The van der Waals surface area contributed by atoms with Crippen molar-refractivity contribution in [2.45, 2.75) is 26.3 Å². The third-order valence-electron chi connectivity index (χ3n) is 4.20. The minimum atomic E-state index is -0.363. The number of H-pyrrole nitrogens is 1. The Morgan fingerprint density at radius 1 is 1.12 bits per heavy atom. The van der Waals surface area contributed by atoms with E-state index in [9.17, 15) is 9.59 Å². The molecular formula is C19H25N3O2. The lowest BCUT2D eigenvalue weighted by Crippen LogP contribution is -2.45. The lowest BCUT2D eigenvalue weighted by Gasteiger charge is -2.30. The number of benzene rings is 1. The average Bonchev–Trinajstić information content (AvgIpc) is 2.61. The molecule has 2 aromatic rings.